The monoisotopic (exact) mass is 301 g/mol. The van der Waals surface area contributed by atoms with Gasteiger partial charge in [-0.05, 0) is 11.5 Å². The smallest absolute Gasteiger partial charge is 0.324 e. The van der Waals surface area contributed by atoms with Gasteiger partial charge in [-0.15, -0.1) is 0 Å². The number of benzene rings is 1. The minimum absolute atomic E-state index is 0.176. The summed E-state index contributed by atoms with van der Waals surface area (Å²) in [4.78, 5) is 10.9. The molecular formula is C13H19NO5S. The third-order valence-corrected chi connectivity index (χ3v) is 4.37. The van der Waals surface area contributed by atoms with E-state index in [2.05, 4.69) is 4.72 Å². The van der Waals surface area contributed by atoms with Gasteiger partial charge in [0.2, 0.25) is 10.0 Å². The van der Waals surface area contributed by atoms with Crippen LogP contribution in [0.3, 0.4) is 0 Å². The molecule has 1 rings (SSSR count). The summed E-state index contributed by atoms with van der Waals surface area (Å²) in [6, 6.07) is 7.91. The summed E-state index contributed by atoms with van der Waals surface area (Å²) >= 11 is 0. The molecule has 0 fully saturated rings. The van der Waals surface area contributed by atoms with Gasteiger partial charge in [0.15, 0.2) is 0 Å². The largest absolute Gasteiger partial charge is 0.480 e. The topological polar surface area (TPSA) is 92.7 Å². The zero-order valence-electron chi connectivity index (χ0n) is 11.4. The molecule has 0 bridgehead atoms. The van der Waals surface area contributed by atoms with Crippen molar-refractivity contribution < 1.29 is 23.1 Å². The van der Waals surface area contributed by atoms with E-state index in [4.69, 9.17) is 9.84 Å². The van der Waals surface area contributed by atoms with Crippen LogP contribution < -0.4 is 4.72 Å². The number of carbonyl (C=O) groups is 1. The zero-order chi connectivity index (χ0) is 15.2. The van der Waals surface area contributed by atoms with E-state index in [1.54, 1.807) is 6.92 Å². The van der Waals surface area contributed by atoms with Crippen LogP contribution in [0.5, 0.6) is 0 Å². The Bertz CT molecular complexity index is 529. The second kappa shape index (κ2) is 7.37. The third kappa shape index (κ3) is 5.28. The summed E-state index contributed by atoms with van der Waals surface area (Å²) in [5, 5.41) is 8.91. The summed E-state index contributed by atoms with van der Waals surface area (Å²) in [6.07, 6.45) is 0. The van der Waals surface area contributed by atoms with E-state index in [0.29, 0.717) is 0 Å². The van der Waals surface area contributed by atoms with Crippen LogP contribution in [0.25, 0.3) is 0 Å². The predicted octanol–water partition coefficient (Wildman–Crippen LogP) is 0.809. The SMILES string of the molecule is COCC(NS(=O)(=O)CC(C)c1ccccc1)C(=O)O. The maximum absolute atomic E-state index is 12.0. The van der Waals surface area contributed by atoms with E-state index in [0.717, 1.165) is 5.56 Å². The van der Waals surface area contributed by atoms with Gasteiger partial charge in [0, 0.05) is 7.11 Å². The van der Waals surface area contributed by atoms with Gasteiger partial charge >= 0.3 is 5.97 Å². The van der Waals surface area contributed by atoms with Crippen LogP contribution >= 0.6 is 0 Å². The standard InChI is InChI=1S/C13H19NO5S/c1-10(11-6-4-3-5-7-11)9-20(17,18)14-12(8-19-2)13(15)16/h3-7,10,12,14H,8-9H2,1-2H3,(H,15,16). The summed E-state index contributed by atoms with van der Waals surface area (Å²) < 4.78 is 30.8. The average Bonchev–Trinajstić information content (AvgIpc) is 2.38. The maximum Gasteiger partial charge on any atom is 0.324 e. The molecule has 1 aromatic carbocycles. The lowest BCUT2D eigenvalue weighted by Gasteiger charge is -2.17. The molecule has 0 aromatic heterocycles. The van der Waals surface area contributed by atoms with Crippen molar-refractivity contribution in [1.29, 1.82) is 0 Å². The van der Waals surface area contributed by atoms with Crippen LogP contribution in [0.2, 0.25) is 0 Å². The highest BCUT2D eigenvalue weighted by Gasteiger charge is 2.25. The molecule has 0 heterocycles. The third-order valence-electron chi connectivity index (χ3n) is 2.79. The Morgan fingerprint density at radius 3 is 2.45 bits per heavy atom. The number of ether oxygens (including phenoxy) is 1. The molecule has 1 aromatic rings. The van der Waals surface area contributed by atoms with Crippen molar-refractivity contribution in [2.45, 2.75) is 18.9 Å². The molecule has 0 radical (unpaired) electrons. The van der Waals surface area contributed by atoms with Crippen molar-refractivity contribution in [2.24, 2.45) is 0 Å². The van der Waals surface area contributed by atoms with Gasteiger partial charge < -0.3 is 9.84 Å². The number of rotatable bonds is 8. The van der Waals surface area contributed by atoms with Crippen LogP contribution in [0.1, 0.15) is 18.4 Å². The molecule has 2 unspecified atom stereocenters. The highest BCUT2D eigenvalue weighted by Crippen LogP contribution is 2.16. The number of sulfonamides is 1. The number of aliphatic carboxylic acids is 1. The van der Waals surface area contributed by atoms with Crippen molar-refractivity contribution in [1.82, 2.24) is 4.72 Å². The molecule has 112 valence electrons. The molecule has 0 saturated carbocycles. The number of carboxylic acid groups (broad SMARTS) is 1. The Balaban J connectivity index is 2.72. The first-order valence-corrected chi connectivity index (χ1v) is 7.77. The fraction of sp³-hybridized carbons (Fsp3) is 0.462. The molecule has 0 saturated heterocycles. The van der Waals surface area contributed by atoms with Crippen molar-refractivity contribution in [2.75, 3.05) is 19.5 Å². The minimum Gasteiger partial charge on any atom is -0.480 e. The Hall–Kier alpha value is -1.44. The number of hydrogen-bond donors (Lipinski definition) is 2. The van der Waals surface area contributed by atoms with Gasteiger partial charge in [0.25, 0.3) is 0 Å². The molecule has 0 aliphatic rings. The van der Waals surface area contributed by atoms with Crippen LogP contribution in [0.4, 0.5) is 0 Å². The van der Waals surface area contributed by atoms with E-state index in [1.165, 1.54) is 7.11 Å². The second-order valence-corrected chi connectivity index (χ2v) is 6.36. The van der Waals surface area contributed by atoms with Gasteiger partial charge in [0.1, 0.15) is 6.04 Å². The summed E-state index contributed by atoms with van der Waals surface area (Å²) in [7, 11) is -2.39. The van der Waals surface area contributed by atoms with Crippen LogP contribution in [-0.2, 0) is 19.6 Å². The average molecular weight is 301 g/mol. The van der Waals surface area contributed by atoms with Crippen LogP contribution in [0, 0.1) is 0 Å². The van der Waals surface area contributed by atoms with Gasteiger partial charge in [-0.1, -0.05) is 37.3 Å². The number of hydrogen-bond acceptors (Lipinski definition) is 4. The van der Waals surface area contributed by atoms with Gasteiger partial charge in [-0.2, -0.15) is 4.72 Å². The Kier molecular flexibility index (Phi) is 6.12. The normalized spacial score (nSPS) is 14.7. The lowest BCUT2D eigenvalue weighted by atomic mass is 10.0. The molecular weight excluding hydrogens is 282 g/mol. The highest BCUT2D eigenvalue weighted by molar-refractivity contribution is 7.89. The first-order chi connectivity index (χ1) is 9.35. The summed E-state index contributed by atoms with van der Waals surface area (Å²) in [5.74, 6) is -1.67. The summed E-state index contributed by atoms with van der Waals surface area (Å²) in [5.41, 5.74) is 0.886. The Morgan fingerprint density at radius 1 is 1.35 bits per heavy atom. The zero-order valence-corrected chi connectivity index (χ0v) is 12.3. The first kappa shape index (κ1) is 16.6. The lowest BCUT2D eigenvalue weighted by Crippen LogP contribution is -2.45. The molecule has 20 heavy (non-hydrogen) atoms. The van der Waals surface area contributed by atoms with E-state index < -0.39 is 22.0 Å². The van der Waals surface area contributed by atoms with Gasteiger partial charge in [0.05, 0.1) is 12.4 Å². The molecule has 0 aliphatic carbocycles. The quantitative estimate of drug-likeness (QED) is 0.741. The second-order valence-electron chi connectivity index (χ2n) is 4.56. The van der Waals surface area contributed by atoms with Crippen molar-refractivity contribution in [3.63, 3.8) is 0 Å². The Morgan fingerprint density at radius 2 is 1.95 bits per heavy atom. The molecule has 2 N–H and O–H groups in total. The number of carboxylic acids is 1. The minimum atomic E-state index is -3.71. The van der Waals surface area contributed by atoms with Crippen LogP contribution in [-0.4, -0.2) is 45.0 Å². The Labute approximate surface area is 118 Å². The molecule has 2 atom stereocenters. The van der Waals surface area contributed by atoms with Crippen molar-refractivity contribution in [3.8, 4) is 0 Å². The maximum atomic E-state index is 12.0. The molecule has 0 spiro atoms. The highest BCUT2D eigenvalue weighted by atomic mass is 32.2. The van der Waals surface area contributed by atoms with Crippen molar-refractivity contribution in [3.05, 3.63) is 35.9 Å². The van der Waals surface area contributed by atoms with E-state index in [9.17, 15) is 13.2 Å². The van der Waals surface area contributed by atoms with Gasteiger partial charge in [-0.25, -0.2) is 8.42 Å². The van der Waals surface area contributed by atoms with E-state index in [-0.39, 0.29) is 18.3 Å². The molecule has 7 heteroatoms. The fourth-order valence-electron chi connectivity index (χ4n) is 1.79. The summed E-state index contributed by atoms with van der Waals surface area (Å²) in [6.45, 7) is 1.56. The first-order valence-electron chi connectivity index (χ1n) is 6.12. The van der Waals surface area contributed by atoms with Crippen molar-refractivity contribution >= 4 is 16.0 Å². The van der Waals surface area contributed by atoms with E-state index in [1.807, 2.05) is 30.3 Å². The molecule has 0 amide bonds. The fourth-order valence-corrected chi connectivity index (χ4v) is 3.34. The van der Waals surface area contributed by atoms with Gasteiger partial charge in [-0.3, -0.25) is 4.79 Å². The number of methoxy groups -OCH3 is 1. The van der Waals surface area contributed by atoms with Crippen LogP contribution in [0.15, 0.2) is 30.3 Å². The molecule has 6 nitrogen and oxygen atoms in total. The number of nitrogens with one attached hydrogen (secondary N) is 1. The molecule has 0 aliphatic heterocycles. The lowest BCUT2D eigenvalue weighted by molar-refractivity contribution is -0.140. The van der Waals surface area contributed by atoms with E-state index >= 15 is 0 Å². The predicted molar refractivity (Wildman–Crippen MR) is 75.1 cm³/mol.